The minimum absolute atomic E-state index is 0.201. The SMILES string of the molecule is [B]c1scnc1C(=O)OC. The molecule has 0 saturated carbocycles. The second kappa shape index (κ2) is 2.83. The van der Waals surface area contributed by atoms with Crippen molar-refractivity contribution in [3.8, 4) is 0 Å². The number of ether oxygens (including phenoxy) is 1. The number of methoxy groups -OCH3 is 1. The number of thiazole rings is 1. The third kappa shape index (κ3) is 1.18. The number of esters is 1. The molecule has 0 atom stereocenters. The molecule has 0 aromatic carbocycles. The maximum atomic E-state index is 10.7. The largest absolute Gasteiger partial charge is 0.464 e. The van der Waals surface area contributed by atoms with Crippen LogP contribution in [0, 0.1) is 0 Å². The summed E-state index contributed by atoms with van der Waals surface area (Å²) < 4.78 is 4.80. The molecule has 0 N–H and O–H groups in total. The fourth-order valence-electron chi connectivity index (χ4n) is 0.505. The van der Waals surface area contributed by atoms with E-state index in [9.17, 15) is 4.79 Å². The molecule has 50 valence electrons. The van der Waals surface area contributed by atoms with Crippen LogP contribution in [-0.2, 0) is 4.74 Å². The van der Waals surface area contributed by atoms with Crippen molar-refractivity contribution in [3.63, 3.8) is 0 Å². The van der Waals surface area contributed by atoms with Crippen molar-refractivity contribution in [1.29, 1.82) is 0 Å². The molecule has 0 fully saturated rings. The lowest BCUT2D eigenvalue weighted by atomic mass is 10.1. The number of aromatic nitrogens is 1. The van der Waals surface area contributed by atoms with Crippen LogP contribution in [0.25, 0.3) is 0 Å². The van der Waals surface area contributed by atoms with E-state index in [1.807, 2.05) is 0 Å². The Morgan fingerprint density at radius 2 is 2.60 bits per heavy atom. The lowest BCUT2D eigenvalue weighted by Gasteiger charge is -1.93. The number of rotatable bonds is 1. The number of carbonyl (C=O) groups is 1. The number of nitrogens with zero attached hydrogens (tertiary/aromatic N) is 1. The van der Waals surface area contributed by atoms with Crippen molar-refractivity contribution < 1.29 is 9.53 Å². The van der Waals surface area contributed by atoms with Crippen LogP contribution < -0.4 is 4.78 Å². The molecule has 0 saturated heterocycles. The van der Waals surface area contributed by atoms with E-state index in [0.717, 1.165) is 0 Å². The van der Waals surface area contributed by atoms with Crippen LogP contribution in [0.2, 0.25) is 0 Å². The third-order valence-electron chi connectivity index (χ3n) is 0.974. The van der Waals surface area contributed by atoms with Crippen LogP contribution >= 0.6 is 11.3 Å². The molecule has 3 nitrogen and oxygen atoms in total. The molecule has 0 spiro atoms. The normalized spacial score (nSPS) is 9.30. The number of carbonyl (C=O) groups excluding carboxylic acids is 1. The van der Waals surface area contributed by atoms with Crippen molar-refractivity contribution in [2.24, 2.45) is 0 Å². The highest BCUT2D eigenvalue weighted by molar-refractivity contribution is 7.18. The molecule has 0 amide bonds. The van der Waals surface area contributed by atoms with Crippen molar-refractivity contribution >= 4 is 29.9 Å². The first-order valence-electron chi connectivity index (χ1n) is 2.53. The fraction of sp³-hybridized carbons (Fsp3) is 0.200. The Balaban J connectivity index is 2.93. The first kappa shape index (κ1) is 7.27. The van der Waals surface area contributed by atoms with E-state index in [4.69, 9.17) is 7.85 Å². The van der Waals surface area contributed by atoms with E-state index < -0.39 is 5.97 Å². The molecular formula is C5H4BNO2S. The summed E-state index contributed by atoms with van der Waals surface area (Å²) in [5, 5.41) is 0. The van der Waals surface area contributed by atoms with E-state index in [1.54, 1.807) is 0 Å². The first-order chi connectivity index (χ1) is 4.75. The minimum atomic E-state index is -0.487. The number of hydrogen-bond acceptors (Lipinski definition) is 4. The average Bonchev–Trinajstić information content (AvgIpc) is 2.34. The van der Waals surface area contributed by atoms with Gasteiger partial charge in [-0.15, -0.1) is 11.3 Å². The predicted octanol–water partition coefficient (Wildman–Crippen LogP) is -0.277. The summed E-state index contributed by atoms with van der Waals surface area (Å²) in [6.07, 6.45) is 0. The van der Waals surface area contributed by atoms with Crippen molar-refractivity contribution in [1.82, 2.24) is 4.98 Å². The summed E-state index contributed by atoms with van der Waals surface area (Å²) in [5.41, 5.74) is 1.70. The molecule has 0 unspecified atom stereocenters. The Hall–Kier alpha value is -0.835. The highest BCUT2D eigenvalue weighted by Gasteiger charge is 2.09. The van der Waals surface area contributed by atoms with Crippen LogP contribution in [0.1, 0.15) is 10.5 Å². The van der Waals surface area contributed by atoms with E-state index in [1.165, 1.54) is 24.0 Å². The molecule has 1 rings (SSSR count). The van der Waals surface area contributed by atoms with Crippen LogP contribution in [0.3, 0.4) is 0 Å². The van der Waals surface area contributed by atoms with Crippen molar-refractivity contribution in [2.45, 2.75) is 0 Å². The quantitative estimate of drug-likeness (QED) is 0.411. The standard InChI is InChI=1S/C5H4BNO2S/c1-9-5(8)3-4(6)10-2-7-3/h2H,1H3. The Bertz CT molecular complexity index is 248. The summed E-state index contributed by atoms with van der Waals surface area (Å²) in [4.78, 5) is 14.4. The maximum absolute atomic E-state index is 10.7. The summed E-state index contributed by atoms with van der Waals surface area (Å²) in [5.74, 6) is -0.487. The van der Waals surface area contributed by atoms with E-state index in [2.05, 4.69) is 9.72 Å². The minimum Gasteiger partial charge on any atom is -0.464 e. The van der Waals surface area contributed by atoms with Crippen LogP contribution in [-0.4, -0.2) is 25.9 Å². The average molecular weight is 153 g/mol. The van der Waals surface area contributed by atoms with Gasteiger partial charge in [-0.05, 0) is 4.78 Å². The van der Waals surface area contributed by atoms with Gasteiger partial charge >= 0.3 is 5.97 Å². The van der Waals surface area contributed by atoms with Crippen LogP contribution in [0.4, 0.5) is 0 Å². The first-order valence-corrected chi connectivity index (χ1v) is 3.41. The summed E-state index contributed by atoms with van der Waals surface area (Å²) >= 11 is 1.21. The Kier molecular flexibility index (Phi) is 2.06. The topological polar surface area (TPSA) is 39.2 Å². The van der Waals surface area contributed by atoms with Crippen molar-refractivity contribution in [2.75, 3.05) is 7.11 Å². The van der Waals surface area contributed by atoms with Crippen LogP contribution in [0.5, 0.6) is 0 Å². The Morgan fingerprint density at radius 1 is 1.90 bits per heavy atom. The smallest absolute Gasteiger partial charge is 0.356 e. The molecular weight excluding hydrogens is 149 g/mol. The lowest BCUT2D eigenvalue weighted by Crippen LogP contribution is -2.13. The maximum Gasteiger partial charge on any atom is 0.356 e. The fourth-order valence-corrected chi connectivity index (χ4v) is 1.02. The second-order valence-corrected chi connectivity index (χ2v) is 2.44. The van der Waals surface area contributed by atoms with Gasteiger partial charge in [0.05, 0.1) is 12.6 Å². The predicted molar refractivity (Wildman–Crippen MR) is 38.8 cm³/mol. The van der Waals surface area contributed by atoms with Gasteiger partial charge in [-0.25, -0.2) is 9.78 Å². The third-order valence-corrected chi connectivity index (χ3v) is 1.63. The van der Waals surface area contributed by atoms with Gasteiger partial charge < -0.3 is 4.74 Å². The van der Waals surface area contributed by atoms with Gasteiger partial charge in [-0.1, -0.05) is 0 Å². The molecule has 1 heterocycles. The van der Waals surface area contributed by atoms with E-state index in [0.29, 0.717) is 4.78 Å². The molecule has 0 aliphatic rings. The van der Waals surface area contributed by atoms with Gasteiger partial charge in [0.2, 0.25) is 0 Å². The van der Waals surface area contributed by atoms with E-state index in [-0.39, 0.29) is 5.69 Å². The Morgan fingerprint density at radius 3 is 3.00 bits per heavy atom. The molecule has 1 aromatic heterocycles. The molecule has 1 aromatic rings. The monoisotopic (exact) mass is 153 g/mol. The highest BCUT2D eigenvalue weighted by atomic mass is 32.1. The van der Waals surface area contributed by atoms with Gasteiger partial charge in [0.25, 0.3) is 0 Å². The molecule has 2 radical (unpaired) electrons. The highest BCUT2D eigenvalue weighted by Crippen LogP contribution is 1.96. The summed E-state index contributed by atoms with van der Waals surface area (Å²) in [6.45, 7) is 0. The van der Waals surface area contributed by atoms with Gasteiger partial charge in [0, 0.05) is 0 Å². The van der Waals surface area contributed by atoms with Crippen molar-refractivity contribution in [3.05, 3.63) is 11.2 Å². The number of hydrogen-bond donors (Lipinski definition) is 0. The molecule has 5 heteroatoms. The zero-order valence-corrected chi connectivity index (χ0v) is 6.14. The summed E-state index contributed by atoms with van der Waals surface area (Å²) in [7, 11) is 6.66. The van der Waals surface area contributed by atoms with Gasteiger partial charge in [-0.2, -0.15) is 0 Å². The Labute approximate surface area is 63.4 Å². The molecule has 10 heavy (non-hydrogen) atoms. The zero-order chi connectivity index (χ0) is 7.56. The van der Waals surface area contributed by atoms with Crippen LogP contribution in [0.15, 0.2) is 5.51 Å². The molecule has 0 bridgehead atoms. The molecule has 0 aliphatic heterocycles. The van der Waals surface area contributed by atoms with Gasteiger partial charge in [-0.3, -0.25) is 0 Å². The zero-order valence-electron chi connectivity index (χ0n) is 5.33. The lowest BCUT2D eigenvalue weighted by molar-refractivity contribution is 0.0596. The van der Waals surface area contributed by atoms with Gasteiger partial charge in [0.15, 0.2) is 5.69 Å². The second-order valence-electron chi connectivity index (χ2n) is 1.56. The summed E-state index contributed by atoms with van der Waals surface area (Å²) in [6, 6.07) is 0. The molecule has 0 aliphatic carbocycles. The van der Waals surface area contributed by atoms with E-state index >= 15 is 0 Å². The van der Waals surface area contributed by atoms with Gasteiger partial charge in [0.1, 0.15) is 7.85 Å².